The molecule has 6 nitrogen and oxygen atoms in total. The third kappa shape index (κ3) is 5.95. The lowest BCUT2D eigenvalue weighted by Gasteiger charge is -2.35. The van der Waals surface area contributed by atoms with Crippen LogP contribution in [0.2, 0.25) is 0 Å². The molecule has 2 heterocycles. The smallest absolute Gasteiger partial charge is 0.240 e. The van der Waals surface area contributed by atoms with Crippen molar-refractivity contribution in [2.24, 2.45) is 0 Å². The SMILES string of the molecule is CC(C)c1ccc(CN2CC[C@@H](N3CCC(c4ccc(NS(C)(=O)=O)cc4)CC3)C2=O)cc1. The Morgan fingerprint density at radius 3 is 2.15 bits per heavy atom. The third-order valence-electron chi connectivity index (χ3n) is 6.94. The van der Waals surface area contributed by atoms with Gasteiger partial charge in [0.1, 0.15) is 0 Å². The van der Waals surface area contributed by atoms with Crippen molar-refractivity contribution in [3.8, 4) is 0 Å². The highest BCUT2D eigenvalue weighted by atomic mass is 32.2. The Morgan fingerprint density at radius 2 is 1.58 bits per heavy atom. The molecular formula is C26H35N3O3S. The zero-order chi connectivity index (χ0) is 23.6. The lowest BCUT2D eigenvalue weighted by atomic mass is 9.88. The molecule has 1 amide bonds. The van der Waals surface area contributed by atoms with Crippen LogP contribution in [0.5, 0.6) is 0 Å². The number of carbonyl (C=O) groups is 1. The number of amides is 1. The molecule has 0 bridgehead atoms. The zero-order valence-electron chi connectivity index (χ0n) is 19.8. The summed E-state index contributed by atoms with van der Waals surface area (Å²) in [6.07, 6.45) is 4.09. The summed E-state index contributed by atoms with van der Waals surface area (Å²) in [5, 5.41) is 0. The van der Waals surface area contributed by atoms with Crippen LogP contribution in [0.1, 0.15) is 61.6 Å². The van der Waals surface area contributed by atoms with E-state index in [-0.39, 0.29) is 11.9 Å². The molecule has 2 aromatic rings. The van der Waals surface area contributed by atoms with E-state index in [2.05, 4.69) is 47.7 Å². The monoisotopic (exact) mass is 469 g/mol. The highest BCUT2D eigenvalue weighted by molar-refractivity contribution is 7.92. The first-order chi connectivity index (χ1) is 15.7. The number of likely N-dealkylation sites (tertiary alicyclic amines) is 2. The van der Waals surface area contributed by atoms with Crippen LogP contribution in [0, 0.1) is 0 Å². The minimum absolute atomic E-state index is 0.00206. The molecule has 0 unspecified atom stereocenters. The normalized spacial score (nSPS) is 20.5. The molecule has 2 aliphatic rings. The molecule has 7 heteroatoms. The third-order valence-corrected chi connectivity index (χ3v) is 7.55. The molecule has 0 aliphatic carbocycles. The number of nitrogens with zero attached hydrogens (tertiary/aromatic N) is 2. The van der Waals surface area contributed by atoms with Gasteiger partial charge < -0.3 is 4.90 Å². The number of hydrogen-bond donors (Lipinski definition) is 1. The molecule has 0 aromatic heterocycles. The van der Waals surface area contributed by atoms with E-state index in [1.807, 2.05) is 29.2 Å². The fourth-order valence-corrected chi connectivity index (χ4v) is 5.59. The van der Waals surface area contributed by atoms with Gasteiger partial charge in [-0.3, -0.25) is 14.4 Å². The number of rotatable bonds is 7. The Hall–Kier alpha value is -2.38. The summed E-state index contributed by atoms with van der Waals surface area (Å²) < 4.78 is 25.3. The van der Waals surface area contributed by atoms with Gasteiger partial charge in [0.15, 0.2) is 0 Å². The molecule has 33 heavy (non-hydrogen) atoms. The first-order valence-electron chi connectivity index (χ1n) is 11.9. The Kier molecular flexibility index (Phi) is 7.10. The lowest BCUT2D eigenvalue weighted by Crippen LogP contribution is -2.45. The van der Waals surface area contributed by atoms with Gasteiger partial charge >= 0.3 is 0 Å². The van der Waals surface area contributed by atoms with Crippen molar-refractivity contribution < 1.29 is 13.2 Å². The Bertz CT molecular complexity index is 1060. The average Bonchev–Trinajstić information content (AvgIpc) is 3.14. The van der Waals surface area contributed by atoms with Crippen molar-refractivity contribution in [2.45, 2.75) is 57.5 Å². The summed E-state index contributed by atoms with van der Waals surface area (Å²) in [5.41, 5.74) is 4.35. The molecule has 178 valence electrons. The second kappa shape index (κ2) is 9.85. The highest BCUT2D eigenvalue weighted by Crippen LogP contribution is 2.32. The van der Waals surface area contributed by atoms with Gasteiger partial charge in [-0.1, -0.05) is 50.2 Å². The predicted molar refractivity (Wildman–Crippen MR) is 133 cm³/mol. The van der Waals surface area contributed by atoms with Crippen LogP contribution in [0.25, 0.3) is 0 Å². The van der Waals surface area contributed by atoms with Gasteiger partial charge in [0.05, 0.1) is 12.3 Å². The molecule has 0 spiro atoms. The maximum atomic E-state index is 13.1. The number of sulfonamides is 1. The van der Waals surface area contributed by atoms with Gasteiger partial charge in [0, 0.05) is 18.8 Å². The van der Waals surface area contributed by atoms with E-state index >= 15 is 0 Å². The van der Waals surface area contributed by atoms with Crippen LogP contribution < -0.4 is 4.72 Å². The first kappa shape index (κ1) is 23.8. The number of piperidine rings is 1. The number of anilines is 1. The van der Waals surface area contributed by atoms with Crippen molar-refractivity contribution >= 4 is 21.6 Å². The quantitative estimate of drug-likeness (QED) is 0.661. The van der Waals surface area contributed by atoms with E-state index in [1.165, 1.54) is 16.7 Å². The number of benzene rings is 2. The summed E-state index contributed by atoms with van der Waals surface area (Å²) in [5.74, 6) is 1.22. The number of nitrogens with one attached hydrogen (secondary N) is 1. The van der Waals surface area contributed by atoms with Crippen LogP contribution in [-0.2, 0) is 21.4 Å². The van der Waals surface area contributed by atoms with Gasteiger partial charge in [-0.05, 0) is 73.0 Å². The Labute approximate surface area is 198 Å². The van der Waals surface area contributed by atoms with Gasteiger partial charge in [-0.2, -0.15) is 0 Å². The second-order valence-electron chi connectivity index (χ2n) is 9.77. The van der Waals surface area contributed by atoms with E-state index in [4.69, 9.17) is 0 Å². The van der Waals surface area contributed by atoms with Crippen LogP contribution in [0.15, 0.2) is 48.5 Å². The van der Waals surface area contributed by atoms with Crippen LogP contribution in [0.4, 0.5) is 5.69 Å². The number of carbonyl (C=O) groups excluding carboxylic acids is 1. The number of hydrogen-bond acceptors (Lipinski definition) is 4. The van der Waals surface area contributed by atoms with E-state index in [0.717, 1.165) is 45.2 Å². The Balaban J connectivity index is 1.29. The maximum absolute atomic E-state index is 13.1. The van der Waals surface area contributed by atoms with Crippen molar-refractivity contribution in [1.82, 2.24) is 9.80 Å². The largest absolute Gasteiger partial charge is 0.337 e. The fraction of sp³-hybridized carbons (Fsp3) is 0.500. The minimum Gasteiger partial charge on any atom is -0.337 e. The fourth-order valence-electron chi connectivity index (χ4n) is 5.03. The molecule has 1 N–H and O–H groups in total. The second-order valence-corrected chi connectivity index (χ2v) is 11.5. The van der Waals surface area contributed by atoms with E-state index < -0.39 is 10.0 Å². The van der Waals surface area contributed by atoms with Crippen molar-refractivity contribution in [3.63, 3.8) is 0 Å². The summed E-state index contributed by atoms with van der Waals surface area (Å²) in [4.78, 5) is 17.5. The van der Waals surface area contributed by atoms with Crippen molar-refractivity contribution in [1.29, 1.82) is 0 Å². The van der Waals surface area contributed by atoms with Gasteiger partial charge in [-0.25, -0.2) is 8.42 Å². The summed E-state index contributed by atoms with van der Waals surface area (Å²) in [7, 11) is -3.26. The Morgan fingerprint density at radius 1 is 0.939 bits per heavy atom. The van der Waals surface area contributed by atoms with E-state index in [9.17, 15) is 13.2 Å². The molecule has 2 aromatic carbocycles. The summed E-state index contributed by atoms with van der Waals surface area (Å²) in [6, 6.07) is 16.3. The standard InChI is InChI=1S/C26H35N3O3S/c1-19(2)21-6-4-20(5-7-21)18-29-17-14-25(26(29)30)28-15-12-23(13-16-28)22-8-10-24(11-9-22)27-33(3,31)32/h4-11,19,23,25,27H,12-18H2,1-3H3/t25-/m1/s1. The zero-order valence-corrected chi connectivity index (χ0v) is 20.6. The van der Waals surface area contributed by atoms with E-state index in [0.29, 0.717) is 24.1 Å². The van der Waals surface area contributed by atoms with Gasteiger partial charge in [0.25, 0.3) is 0 Å². The lowest BCUT2D eigenvalue weighted by molar-refractivity contribution is -0.133. The maximum Gasteiger partial charge on any atom is 0.240 e. The van der Waals surface area contributed by atoms with Crippen LogP contribution >= 0.6 is 0 Å². The molecule has 0 radical (unpaired) electrons. The molecule has 0 saturated carbocycles. The van der Waals surface area contributed by atoms with E-state index in [1.54, 1.807) is 0 Å². The van der Waals surface area contributed by atoms with Crippen molar-refractivity contribution in [2.75, 3.05) is 30.6 Å². The molecular weight excluding hydrogens is 434 g/mol. The summed E-state index contributed by atoms with van der Waals surface area (Å²) >= 11 is 0. The van der Waals surface area contributed by atoms with Gasteiger partial charge in [0.2, 0.25) is 15.9 Å². The van der Waals surface area contributed by atoms with Crippen LogP contribution in [-0.4, -0.2) is 56.1 Å². The van der Waals surface area contributed by atoms with Gasteiger partial charge in [-0.15, -0.1) is 0 Å². The summed E-state index contributed by atoms with van der Waals surface area (Å²) in [6.45, 7) is 7.74. The highest BCUT2D eigenvalue weighted by Gasteiger charge is 2.37. The van der Waals surface area contributed by atoms with Crippen LogP contribution in [0.3, 0.4) is 0 Å². The van der Waals surface area contributed by atoms with Crippen molar-refractivity contribution in [3.05, 3.63) is 65.2 Å². The molecule has 2 aliphatic heterocycles. The molecule has 1 atom stereocenters. The topological polar surface area (TPSA) is 69.7 Å². The first-order valence-corrected chi connectivity index (χ1v) is 13.8. The molecule has 2 fully saturated rings. The predicted octanol–water partition coefficient (Wildman–Crippen LogP) is 4.16. The molecule has 2 saturated heterocycles. The average molecular weight is 470 g/mol. The molecule has 4 rings (SSSR count). The minimum atomic E-state index is -3.26.